The van der Waals surface area contributed by atoms with Gasteiger partial charge in [0.2, 0.25) is 5.95 Å². The summed E-state index contributed by atoms with van der Waals surface area (Å²) < 4.78 is 1.71. The van der Waals surface area contributed by atoms with Crippen LogP contribution in [0.25, 0.3) is 16.8 Å². The van der Waals surface area contributed by atoms with Gasteiger partial charge in [-0.2, -0.15) is 0 Å². The first kappa shape index (κ1) is 22.5. The minimum atomic E-state index is 0.247. The summed E-state index contributed by atoms with van der Waals surface area (Å²) in [6, 6.07) is 5.89. The summed E-state index contributed by atoms with van der Waals surface area (Å²) >= 11 is 0. The standard InChI is InChI=1S/C15H16N6.C6H12.C2H6/c1-9(2)18-12-4-5-13(19-10(12)3)11-6-7-21-14(11)8-17-15(16)20-21;1-2-4-6-5-3-1;1-2/h4-8H,1-3H3,(H2,16,20);1-6H2;1-2H3. The second-order valence-corrected chi connectivity index (χ2v) is 7.16. The molecular formula is C23H34N6. The minimum absolute atomic E-state index is 0.247. The van der Waals surface area contributed by atoms with Gasteiger partial charge in [-0.05, 0) is 39.0 Å². The van der Waals surface area contributed by atoms with Gasteiger partial charge in [-0.15, -0.1) is 5.10 Å². The lowest BCUT2D eigenvalue weighted by Crippen LogP contribution is -1.99. The first-order valence-corrected chi connectivity index (χ1v) is 10.6. The largest absolute Gasteiger partial charge is 0.367 e. The number of aromatic nitrogens is 4. The molecule has 1 aliphatic carbocycles. The van der Waals surface area contributed by atoms with Crippen molar-refractivity contribution in [1.82, 2.24) is 19.6 Å². The second-order valence-electron chi connectivity index (χ2n) is 7.16. The molecule has 0 aromatic carbocycles. The fourth-order valence-electron chi connectivity index (χ4n) is 3.25. The van der Waals surface area contributed by atoms with Gasteiger partial charge in [0.1, 0.15) is 0 Å². The Balaban J connectivity index is 0.000000317. The van der Waals surface area contributed by atoms with Crippen molar-refractivity contribution >= 4 is 22.9 Å². The van der Waals surface area contributed by atoms with Gasteiger partial charge in [-0.1, -0.05) is 52.4 Å². The lowest BCUT2D eigenvalue weighted by atomic mass is 10.0. The number of nitrogen functional groups attached to an aromatic ring is 1. The molecule has 0 aliphatic heterocycles. The second kappa shape index (κ2) is 11.3. The van der Waals surface area contributed by atoms with Gasteiger partial charge in [0.15, 0.2) is 0 Å². The Bertz CT molecular complexity index is 922. The molecule has 0 saturated heterocycles. The molecule has 29 heavy (non-hydrogen) atoms. The van der Waals surface area contributed by atoms with Crippen LogP contribution in [-0.4, -0.2) is 25.3 Å². The Morgan fingerprint density at radius 1 is 1.00 bits per heavy atom. The highest BCUT2D eigenvalue weighted by molar-refractivity contribution is 5.83. The van der Waals surface area contributed by atoms with Crippen molar-refractivity contribution in [3.05, 3.63) is 36.3 Å². The number of hydrogen-bond donors (Lipinski definition) is 1. The van der Waals surface area contributed by atoms with Crippen LogP contribution in [-0.2, 0) is 0 Å². The van der Waals surface area contributed by atoms with E-state index < -0.39 is 0 Å². The molecule has 0 atom stereocenters. The van der Waals surface area contributed by atoms with E-state index in [-0.39, 0.29) is 5.95 Å². The molecule has 1 aliphatic rings. The van der Waals surface area contributed by atoms with Gasteiger partial charge in [0.05, 0.1) is 28.8 Å². The minimum Gasteiger partial charge on any atom is -0.367 e. The highest BCUT2D eigenvalue weighted by atomic mass is 15.3. The van der Waals surface area contributed by atoms with Crippen LogP contribution in [0.3, 0.4) is 0 Å². The lowest BCUT2D eigenvalue weighted by Gasteiger charge is -2.05. The van der Waals surface area contributed by atoms with Crippen molar-refractivity contribution in [2.45, 2.75) is 73.1 Å². The van der Waals surface area contributed by atoms with Crippen LogP contribution in [0.4, 0.5) is 11.6 Å². The van der Waals surface area contributed by atoms with Gasteiger partial charge < -0.3 is 5.73 Å². The highest BCUT2D eigenvalue weighted by Gasteiger charge is 2.09. The molecule has 3 aromatic heterocycles. The number of fused-ring (bicyclic) bond motifs is 1. The third kappa shape index (κ3) is 6.38. The summed E-state index contributed by atoms with van der Waals surface area (Å²) in [4.78, 5) is 13.1. The van der Waals surface area contributed by atoms with Crippen LogP contribution in [0, 0.1) is 6.92 Å². The van der Waals surface area contributed by atoms with Gasteiger partial charge in [-0.3, -0.25) is 9.98 Å². The van der Waals surface area contributed by atoms with Crippen molar-refractivity contribution in [3.8, 4) is 11.3 Å². The first-order valence-electron chi connectivity index (χ1n) is 10.6. The monoisotopic (exact) mass is 394 g/mol. The molecule has 0 spiro atoms. The Labute approximate surface area is 174 Å². The molecule has 0 radical (unpaired) electrons. The molecule has 6 nitrogen and oxygen atoms in total. The van der Waals surface area contributed by atoms with Gasteiger partial charge in [-0.25, -0.2) is 9.50 Å². The third-order valence-corrected chi connectivity index (χ3v) is 4.61. The van der Waals surface area contributed by atoms with Crippen LogP contribution in [0.1, 0.15) is 71.9 Å². The van der Waals surface area contributed by atoms with Crippen molar-refractivity contribution in [3.63, 3.8) is 0 Å². The number of anilines is 1. The van der Waals surface area contributed by atoms with E-state index in [4.69, 9.17) is 5.73 Å². The summed E-state index contributed by atoms with van der Waals surface area (Å²) in [5.74, 6) is 0.247. The van der Waals surface area contributed by atoms with E-state index in [1.54, 1.807) is 10.7 Å². The van der Waals surface area contributed by atoms with E-state index in [0.29, 0.717) is 0 Å². The zero-order valence-electron chi connectivity index (χ0n) is 18.4. The SMILES string of the molecule is C1CCCCC1.CC.CC(C)=Nc1ccc(-c2ccn3nc(N)ncc23)nc1C. The van der Waals surface area contributed by atoms with E-state index in [1.165, 1.54) is 38.5 Å². The molecule has 3 aromatic rings. The number of nitrogens with two attached hydrogens (primary N) is 1. The van der Waals surface area contributed by atoms with E-state index in [0.717, 1.165) is 33.9 Å². The zero-order valence-corrected chi connectivity index (χ0v) is 18.4. The number of aryl methyl sites for hydroxylation is 1. The highest BCUT2D eigenvalue weighted by Crippen LogP contribution is 2.27. The van der Waals surface area contributed by atoms with E-state index in [1.807, 2.05) is 59.0 Å². The van der Waals surface area contributed by atoms with Crippen LogP contribution < -0.4 is 5.73 Å². The summed E-state index contributed by atoms with van der Waals surface area (Å²) in [5.41, 5.74) is 11.1. The molecular weight excluding hydrogens is 360 g/mol. The van der Waals surface area contributed by atoms with Crippen LogP contribution in [0.5, 0.6) is 0 Å². The van der Waals surface area contributed by atoms with Gasteiger partial charge in [0, 0.05) is 17.5 Å². The quantitative estimate of drug-likeness (QED) is 0.528. The number of hydrogen-bond acceptors (Lipinski definition) is 5. The first-order chi connectivity index (χ1) is 14.0. The Morgan fingerprint density at radius 2 is 1.62 bits per heavy atom. The van der Waals surface area contributed by atoms with Crippen molar-refractivity contribution in [2.24, 2.45) is 4.99 Å². The predicted octanol–water partition coefficient (Wildman–Crippen LogP) is 6.16. The fourth-order valence-corrected chi connectivity index (χ4v) is 3.25. The lowest BCUT2D eigenvalue weighted by molar-refractivity contribution is 0.504. The summed E-state index contributed by atoms with van der Waals surface area (Å²) in [7, 11) is 0. The smallest absolute Gasteiger partial charge is 0.238 e. The van der Waals surface area contributed by atoms with Crippen molar-refractivity contribution in [1.29, 1.82) is 0 Å². The van der Waals surface area contributed by atoms with Crippen LogP contribution in [0.2, 0.25) is 0 Å². The summed E-state index contributed by atoms with van der Waals surface area (Å²) in [6.07, 6.45) is 12.6. The maximum absolute atomic E-state index is 5.59. The number of pyridine rings is 1. The average molecular weight is 395 g/mol. The molecule has 6 heteroatoms. The molecule has 156 valence electrons. The number of rotatable bonds is 2. The van der Waals surface area contributed by atoms with Crippen molar-refractivity contribution < 1.29 is 0 Å². The van der Waals surface area contributed by atoms with Crippen molar-refractivity contribution in [2.75, 3.05) is 5.73 Å². The fraction of sp³-hybridized carbons (Fsp3) is 0.478. The molecule has 1 fully saturated rings. The van der Waals surface area contributed by atoms with Crippen LogP contribution in [0.15, 0.2) is 35.6 Å². The summed E-state index contributed by atoms with van der Waals surface area (Å²) in [6.45, 7) is 9.89. The zero-order chi connectivity index (χ0) is 21.2. The van der Waals surface area contributed by atoms with Gasteiger partial charge >= 0.3 is 0 Å². The third-order valence-electron chi connectivity index (χ3n) is 4.61. The van der Waals surface area contributed by atoms with E-state index in [9.17, 15) is 0 Å². The normalized spacial score (nSPS) is 13.0. The van der Waals surface area contributed by atoms with E-state index >= 15 is 0 Å². The summed E-state index contributed by atoms with van der Waals surface area (Å²) in [5, 5.41) is 4.13. The maximum atomic E-state index is 5.59. The Hall–Kier alpha value is -2.76. The molecule has 4 rings (SSSR count). The molecule has 0 bridgehead atoms. The predicted molar refractivity (Wildman–Crippen MR) is 123 cm³/mol. The number of aliphatic imine (C=N–C) groups is 1. The molecule has 1 saturated carbocycles. The number of nitrogens with zero attached hydrogens (tertiary/aromatic N) is 5. The molecule has 0 amide bonds. The average Bonchev–Trinajstić information content (AvgIpc) is 3.15. The Morgan fingerprint density at radius 3 is 2.17 bits per heavy atom. The van der Waals surface area contributed by atoms with Gasteiger partial charge in [0.25, 0.3) is 0 Å². The van der Waals surface area contributed by atoms with Crippen LogP contribution >= 0.6 is 0 Å². The molecule has 0 unspecified atom stereocenters. The molecule has 3 heterocycles. The topological polar surface area (TPSA) is 81.5 Å². The van der Waals surface area contributed by atoms with E-state index in [2.05, 4.69) is 20.1 Å². The molecule has 2 N–H and O–H groups in total. The maximum Gasteiger partial charge on any atom is 0.238 e. The Kier molecular flexibility index (Phi) is 8.77.